The van der Waals surface area contributed by atoms with Crippen LogP contribution in [-0.4, -0.2) is 15.0 Å². The van der Waals surface area contributed by atoms with Crippen LogP contribution in [0.3, 0.4) is 0 Å². The quantitative estimate of drug-likeness (QED) is 0.195. The third kappa shape index (κ3) is 4.08. The summed E-state index contributed by atoms with van der Waals surface area (Å²) in [4.78, 5) is 14.7. The van der Waals surface area contributed by atoms with E-state index in [1.807, 2.05) is 97.1 Å². The summed E-state index contributed by atoms with van der Waals surface area (Å²) in [7, 11) is 0. The number of aromatic nitrogens is 3. The summed E-state index contributed by atoms with van der Waals surface area (Å²) < 4.78 is 91.8. The number of fused-ring (bicyclic) bond motifs is 8. The fourth-order valence-electron chi connectivity index (χ4n) is 6.32. The molecule has 10 rings (SSSR count). The molecular formula is C43H25N3O2. The molecule has 0 radical (unpaired) electrons. The highest BCUT2D eigenvalue weighted by Gasteiger charge is 2.22. The van der Waals surface area contributed by atoms with Gasteiger partial charge >= 0.3 is 0 Å². The molecule has 3 heterocycles. The van der Waals surface area contributed by atoms with Gasteiger partial charge in [0.15, 0.2) is 17.5 Å². The molecule has 7 aromatic carbocycles. The number of furan rings is 2. The molecule has 0 N–H and O–H groups in total. The van der Waals surface area contributed by atoms with Gasteiger partial charge in [0, 0.05) is 38.1 Å². The molecule has 0 saturated heterocycles. The van der Waals surface area contributed by atoms with Crippen molar-refractivity contribution in [2.75, 3.05) is 0 Å². The first-order chi connectivity index (χ1) is 27.5. The monoisotopic (exact) mass is 624 g/mol. The van der Waals surface area contributed by atoms with Crippen LogP contribution in [0.2, 0.25) is 0 Å². The van der Waals surface area contributed by atoms with Crippen LogP contribution in [0.5, 0.6) is 0 Å². The molecule has 0 bridgehead atoms. The minimum Gasteiger partial charge on any atom is -0.455 e. The second kappa shape index (κ2) is 10.5. The van der Waals surface area contributed by atoms with Crippen molar-refractivity contribution >= 4 is 54.6 Å². The van der Waals surface area contributed by atoms with Crippen molar-refractivity contribution in [3.63, 3.8) is 0 Å². The molecular weight excluding hydrogens is 590 g/mol. The van der Waals surface area contributed by atoms with Crippen LogP contribution in [0.15, 0.2) is 160 Å². The smallest absolute Gasteiger partial charge is 0.167 e. The Morgan fingerprint density at radius 2 is 1.10 bits per heavy atom. The molecule has 0 aliphatic heterocycles. The van der Waals surface area contributed by atoms with Gasteiger partial charge in [-0.1, -0.05) is 127 Å². The zero-order valence-electron chi connectivity index (χ0n) is 33.9. The molecule has 10 aromatic rings. The average molecular weight is 625 g/mol. The molecule has 0 amide bonds. The van der Waals surface area contributed by atoms with Gasteiger partial charge in [-0.05, 0) is 40.7 Å². The fraction of sp³-hybridized carbons (Fsp3) is 0. The highest BCUT2D eigenvalue weighted by Crippen LogP contribution is 2.43. The molecule has 5 heteroatoms. The summed E-state index contributed by atoms with van der Waals surface area (Å²) in [6.45, 7) is 0. The summed E-state index contributed by atoms with van der Waals surface area (Å²) in [6.07, 6.45) is 0. The molecule has 48 heavy (non-hydrogen) atoms. The Bertz CT molecular complexity index is 3350. The van der Waals surface area contributed by atoms with Crippen molar-refractivity contribution in [2.45, 2.75) is 0 Å². The van der Waals surface area contributed by atoms with Gasteiger partial charge in [0.2, 0.25) is 0 Å². The molecule has 0 saturated carbocycles. The maximum Gasteiger partial charge on any atom is 0.167 e. The molecule has 0 aliphatic carbocycles. The molecule has 0 fully saturated rings. The van der Waals surface area contributed by atoms with Crippen molar-refractivity contribution in [3.05, 3.63) is 151 Å². The average Bonchev–Trinajstić information content (AvgIpc) is 3.83. The lowest BCUT2D eigenvalue weighted by Crippen LogP contribution is -2.00. The van der Waals surface area contributed by atoms with Crippen LogP contribution in [0.1, 0.15) is 12.3 Å². The van der Waals surface area contributed by atoms with Gasteiger partial charge in [-0.25, -0.2) is 15.0 Å². The van der Waals surface area contributed by atoms with Crippen LogP contribution in [0, 0.1) is 0 Å². The van der Waals surface area contributed by atoms with Gasteiger partial charge in [-0.15, -0.1) is 0 Å². The summed E-state index contributed by atoms with van der Waals surface area (Å²) >= 11 is 0. The largest absolute Gasteiger partial charge is 0.455 e. The topological polar surface area (TPSA) is 65.0 Å². The number of benzene rings is 7. The zero-order chi connectivity index (χ0) is 39.4. The van der Waals surface area contributed by atoms with Gasteiger partial charge in [-0.3, -0.25) is 0 Å². The van der Waals surface area contributed by atoms with Crippen molar-refractivity contribution in [2.24, 2.45) is 0 Å². The van der Waals surface area contributed by atoms with Gasteiger partial charge in [0.1, 0.15) is 22.3 Å². The molecule has 5 nitrogen and oxygen atoms in total. The first-order valence-electron chi connectivity index (χ1n) is 19.7. The van der Waals surface area contributed by atoms with Crippen molar-refractivity contribution < 1.29 is 21.2 Å². The van der Waals surface area contributed by atoms with Crippen LogP contribution in [0.25, 0.3) is 99.9 Å². The van der Waals surface area contributed by atoms with Crippen LogP contribution >= 0.6 is 0 Å². The van der Waals surface area contributed by atoms with E-state index in [9.17, 15) is 1.37 Å². The predicted octanol–water partition coefficient (Wildman–Crippen LogP) is 11.5. The van der Waals surface area contributed by atoms with Gasteiger partial charge in [0.25, 0.3) is 0 Å². The third-order valence-corrected chi connectivity index (χ3v) is 8.49. The Balaban J connectivity index is 1.34. The van der Waals surface area contributed by atoms with E-state index in [1.165, 1.54) is 0 Å². The van der Waals surface area contributed by atoms with Gasteiger partial charge < -0.3 is 8.83 Å². The Morgan fingerprint density at radius 3 is 1.96 bits per heavy atom. The molecule has 0 atom stereocenters. The lowest BCUT2D eigenvalue weighted by Gasteiger charge is -2.11. The van der Waals surface area contributed by atoms with Crippen molar-refractivity contribution in [3.8, 4) is 45.3 Å². The number of rotatable bonds is 4. The molecule has 224 valence electrons. The Kier molecular flexibility index (Phi) is 4.18. The number of hydrogen-bond acceptors (Lipinski definition) is 5. The Morgan fingerprint density at radius 1 is 0.417 bits per heavy atom. The van der Waals surface area contributed by atoms with Crippen molar-refractivity contribution in [1.29, 1.82) is 0 Å². The molecule has 0 aliphatic rings. The summed E-state index contributed by atoms with van der Waals surface area (Å²) in [6, 6.07) is 26.1. The summed E-state index contributed by atoms with van der Waals surface area (Å²) in [5.74, 6) is 0.319. The minimum absolute atomic E-state index is 0.00622. The number of hydrogen-bond donors (Lipinski definition) is 0. The number of nitrogens with zero attached hydrogens (tertiary/aromatic N) is 3. The van der Waals surface area contributed by atoms with E-state index in [1.54, 1.807) is 0 Å². The maximum atomic E-state index is 9.28. The van der Waals surface area contributed by atoms with Gasteiger partial charge in [-0.2, -0.15) is 0 Å². The van der Waals surface area contributed by atoms with E-state index in [-0.39, 0.29) is 55.7 Å². The highest BCUT2D eigenvalue weighted by atomic mass is 16.3. The Hall–Kier alpha value is -6.59. The first-order valence-corrected chi connectivity index (χ1v) is 15.2. The predicted molar refractivity (Wildman–Crippen MR) is 194 cm³/mol. The zero-order valence-corrected chi connectivity index (χ0v) is 24.9. The van der Waals surface area contributed by atoms with Crippen LogP contribution in [-0.2, 0) is 0 Å². The van der Waals surface area contributed by atoms with E-state index >= 15 is 0 Å². The summed E-state index contributed by atoms with van der Waals surface area (Å²) in [5, 5.41) is 1.28. The van der Waals surface area contributed by atoms with E-state index in [4.69, 9.17) is 34.8 Å². The molecule has 0 spiro atoms. The number of para-hydroxylation sites is 1. The van der Waals surface area contributed by atoms with E-state index < -0.39 is 54.4 Å². The second-order valence-corrected chi connectivity index (χ2v) is 11.3. The fourth-order valence-corrected chi connectivity index (χ4v) is 6.32. The minimum atomic E-state index is -0.568. The highest BCUT2D eigenvalue weighted by molar-refractivity contribution is 6.19. The van der Waals surface area contributed by atoms with Crippen LogP contribution in [0.4, 0.5) is 0 Å². The lowest BCUT2D eigenvalue weighted by atomic mass is 9.97. The van der Waals surface area contributed by atoms with Crippen molar-refractivity contribution in [1.82, 2.24) is 15.0 Å². The Labute approximate surface area is 287 Å². The lowest BCUT2D eigenvalue weighted by molar-refractivity contribution is 0.669. The SMILES string of the molecule is [2H]c1c([2H])c(-c2nc(-c3ccccc3)nc(-c3ccc(-c4ccccc4)c4c3oc3ccccc34)n2)c2c(oc3c4c([2H])c([2H])c([2H])c([2H])c4c([2H])c([2H])c32)c1[2H]. The normalized spacial score (nSPS) is 14.4. The molecule has 0 unspecified atom stereocenters. The third-order valence-electron chi connectivity index (χ3n) is 8.49. The first kappa shape index (κ1) is 19.2. The van der Waals surface area contributed by atoms with Gasteiger partial charge in [0.05, 0.1) is 17.9 Å². The standard InChI is InChI=1S/C43H25N3O2/c1-3-12-26(13-4-1)29-24-25-34(40-38(29)31-18-9-10-20-35(31)47-40)43-45-41(28-15-5-2-6-16-28)44-42(46-43)33-19-11-21-36-37(33)32-23-22-27-14-7-8-17-30(27)39(32)48-36/h1-25H/i7D,8D,11D,14D,17D,19D,21D,22D,23D. The summed E-state index contributed by atoms with van der Waals surface area (Å²) in [5.41, 5.74) is 3.74. The molecule has 3 aromatic heterocycles. The van der Waals surface area contributed by atoms with Crippen LogP contribution < -0.4 is 0 Å². The van der Waals surface area contributed by atoms with E-state index in [2.05, 4.69) is 0 Å². The second-order valence-electron chi connectivity index (χ2n) is 11.3. The maximum absolute atomic E-state index is 9.28. The van der Waals surface area contributed by atoms with E-state index in [0.29, 0.717) is 22.3 Å². The van der Waals surface area contributed by atoms with E-state index in [0.717, 1.165) is 21.9 Å².